The molecule has 2 heterocycles. The SMILES string of the molecule is [C-]#[N+]c1c(C(F)(F)F)cc(-c2cccc(OCCN3CCCCC3)c2)n(Cc2ccccc2)c1=O. The van der Waals surface area contributed by atoms with Crippen molar-refractivity contribution in [3.63, 3.8) is 0 Å². The first-order chi connectivity index (χ1) is 16.9. The standard InChI is InChI=1S/C27H26F3N3O2/c1-31-25-23(27(28,29)30)18-24(33(26(25)34)19-20-9-4-2-5-10-20)21-11-8-12-22(17-21)35-16-15-32-13-6-3-7-14-32/h2,4-5,8-12,17-18H,3,6-7,13-16,19H2. The molecule has 0 spiro atoms. The number of halogens is 3. The summed E-state index contributed by atoms with van der Waals surface area (Å²) < 4.78 is 48.4. The summed E-state index contributed by atoms with van der Waals surface area (Å²) in [5.41, 5.74) is -1.89. The molecule has 0 radical (unpaired) electrons. The highest BCUT2D eigenvalue weighted by molar-refractivity contribution is 5.67. The average Bonchev–Trinajstić information content (AvgIpc) is 2.86. The minimum atomic E-state index is -4.83. The Morgan fingerprint density at radius 3 is 2.40 bits per heavy atom. The van der Waals surface area contributed by atoms with E-state index in [1.54, 1.807) is 48.5 Å². The van der Waals surface area contributed by atoms with Gasteiger partial charge >= 0.3 is 6.18 Å². The Bertz CT molecular complexity index is 1260. The van der Waals surface area contributed by atoms with Gasteiger partial charge in [0.2, 0.25) is 0 Å². The molecule has 0 N–H and O–H groups in total. The Morgan fingerprint density at radius 2 is 1.71 bits per heavy atom. The molecule has 5 nitrogen and oxygen atoms in total. The monoisotopic (exact) mass is 481 g/mol. The van der Waals surface area contributed by atoms with Gasteiger partial charge in [-0.25, -0.2) is 4.85 Å². The highest BCUT2D eigenvalue weighted by Gasteiger charge is 2.36. The second-order valence-electron chi connectivity index (χ2n) is 8.56. The van der Waals surface area contributed by atoms with Crippen molar-refractivity contribution in [2.75, 3.05) is 26.2 Å². The molecule has 3 aromatic rings. The molecule has 182 valence electrons. The number of nitrogens with zero attached hydrogens (tertiary/aromatic N) is 3. The van der Waals surface area contributed by atoms with Crippen molar-refractivity contribution < 1.29 is 17.9 Å². The van der Waals surface area contributed by atoms with Crippen LogP contribution in [0.5, 0.6) is 5.75 Å². The van der Waals surface area contributed by atoms with Crippen LogP contribution in [-0.4, -0.2) is 35.7 Å². The van der Waals surface area contributed by atoms with Crippen molar-refractivity contribution in [1.82, 2.24) is 9.47 Å². The molecule has 0 amide bonds. The predicted molar refractivity (Wildman–Crippen MR) is 129 cm³/mol. The second kappa shape index (κ2) is 10.8. The Kier molecular flexibility index (Phi) is 7.57. The van der Waals surface area contributed by atoms with Crippen LogP contribution in [0.15, 0.2) is 65.5 Å². The molecule has 0 unspecified atom stereocenters. The molecule has 1 saturated heterocycles. The summed E-state index contributed by atoms with van der Waals surface area (Å²) in [6.07, 6.45) is -1.23. The van der Waals surface area contributed by atoms with Crippen molar-refractivity contribution >= 4 is 5.69 Å². The molecule has 4 rings (SSSR count). The van der Waals surface area contributed by atoms with E-state index in [1.807, 2.05) is 6.07 Å². The fraction of sp³-hybridized carbons (Fsp3) is 0.333. The van der Waals surface area contributed by atoms with Crippen LogP contribution >= 0.6 is 0 Å². The molecule has 0 aliphatic carbocycles. The van der Waals surface area contributed by atoms with E-state index in [2.05, 4.69) is 9.74 Å². The van der Waals surface area contributed by atoms with Crippen LogP contribution in [0.2, 0.25) is 0 Å². The lowest BCUT2D eigenvalue weighted by atomic mass is 10.1. The number of hydrogen-bond acceptors (Lipinski definition) is 3. The first-order valence-corrected chi connectivity index (χ1v) is 11.6. The largest absolute Gasteiger partial charge is 0.492 e. The van der Waals surface area contributed by atoms with E-state index in [9.17, 15) is 18.0 Å². The maximum Gasteiger partial charge on any atom is 0.407 e. The van der Waals surface area contributed by atoms with E-state index < -0.39 is 23.0 Å². The Morgan fingerprint density at radius 1 is 0.971 bits per heavy atom. The van der Waals surface area contributed by atoms with Gasteiger partial charge in [-0.1, -0.05) is 48.9 Å². The van der Waals surface area contributed by atoms with E-state index in [-0.39, 0.29) is 12.2 Å². The third kappa shape index (κ3) is 5.92. The number of aromatic nitrogens is 1. The van der Waals surface area contributed by atoms with E-state index in [0.29, 0.717) is 17.9 Å². The normalized spacial score (nSPS) is 14.5. The van der Waals surface area contributed by atoms with Gasteiger partial charge in [-0.15, -0.1) is 0 Å². The smallest absolute Gasteiger partial charge is 0.407 e. The van der Waals surface area contributed by atoms with Crippen LogP contribution in [0.1, 0.15) is 30.4 Å². The van der Waals surface area contributed by atoms with Crippen molar-refractivity contribution in [1.29, 1.82) is 0 Å². The molecule has 2 aromatic carbocycles. The van der Waals surface area contributed by atoms with Gasteiger partial charge in [0.1, 0.15) is 12.4 Å². The van der Waals surface area contributed by atoms with Crippen LogP contribution in [-0.2, 0) is 12.7 Å². The zero-order valence-electron chi connectivity index (χ0n) is 19.2. The third-order valence-corrected chi connectivity index (χ3v) is 6.13. The van der Waals surface area contributed by atoms with E-state index in [1.165, 1.54) is 23.8 Å². The van der Waals surface area contributed by atoms with Gasteiger partial charge < -0.3 is 9.30 Å². The number of benzene rings is 2. The number of likely N-dealkylation sites (tertiary alicyclic amines) is 1. The van der Waals surface area contributed by atoms with E-state index >= 15 is 0 Å². The number of hydrogen-bond donors (Lipinski definition) is 0. The molecule has 0 bridgehead atoms. The fourth-order valence-electron chi connectivity index (χ4n) is 4.34. The topological polar surface area (TPSA) is 38.8 Å². The number of rotatable bonds is 7. The van der Waals surface area contributed by atoms with Crippen molar-refractivity contribution in [3.05, 3.63) is 93.6 Å². The molecule has 0 atom stereocenters. The van der Waals surface area contributed by atoms with Crippen molar-refractivity contribution in [3.8, 4) is 17.0 Å². The maximum absolute atomic E-state index is 13.8. The Balaban J connectivity index is 1.70. The van der Waals surface area contributed by atoms with Crippen molar-refractivity contribution in [2.45, 2.75) is 32.0 Å². The van der Waals surface area contributed by atoms with Crippen molar-refractivity contribution in [2.24, 2.45) is 0 Å². The van der Waals surface area contributed by atoms with Gasteiger partial charge in [-0.2, -0.15) is 13.2 Å². The summed E-state index contributed by atoms with van der Waals surface area (Å²) in [4.78, 5) is 18.4. The second-order valence-corrected chi connectivity index (χ2v) is 8.56. The molecule has 0 saturated carbocycles. The minimum Gasteiger partial charge on any atom is -0.492 e. The first kappa shape index (κ1) is 24.6. The molecule has 1 fully saturated rings. The van der Waals surface area contributed by atoms with Gasteiger partial charge in [-0.05, 0) is 49.7 Å². The Labute approximate surface area is 202 Å². The maximum atomic E-state index is 13.8. The van der Waals surface area contributed by atoms with Crippen LogP contribution < -0.4 is 10.3 Å². The quantitative estimate of drug-likeness (QED) is 0.389. The predicted octanol–water partition coefficient (Wildman–Crippen LogP) is 6.00. The van der Waals surface area contributed by atoms with Crippen LogP contribution in [0.25, 0.3) is 16.1 Å². The van der Waals surface area contributed by atoms with Gasteiger partial charge in [0.15, 0.2) is 0 Å². The molecule has 8 heteroatoms. The summed E-state index contributed by atoms with van der Waals surface area (Å²) in [7, 11) is 0. The number of pyridine rings is 1. The number of alkyl halides is 3. The first-order valence-electron chi connectivity index (χ1n) is 11.6. The highest BCUT2D eigenvalue weighted by Crippen LogP contribution is 2.37. The lowest BCUT2D eigenvalue weighted by Crippen LogP contribution is -2.33. The summed E-state index contributed by atoms with van der Waals surface area (Å²) in [5, 5.41) is 0. The lowest BCUT2D eigenvalue weighted by molar-refractivity contribution is -0.136. The van der Waals surface area contributed by atoms with Gasteiger partial charge in [0.25, 0.3) is 11.2 Å². The molecule has 1 aliphatic heterocycles. The van der Waals surface area contributed by atoms with Gasteiger partial charge in [-0.3, -0.25) is 9.69 Å². The highest BCUT2D eigenvalue weighted by atomic mass is 19.4. The molecule has 1 aromatic heterocycles. The molecular formula is C27H26F3N3O2. The minimum absolute atomic E-state index is 0.0374. The fourth-order valence-corrected chi connectivity index (χ4v) is 4.34. The molecule has 1 aliphatic rings. The Hall–Kier alpha value is -3.57. The molecular weight excluding hydrogens is 455 g/mol. The summed E-state index contributed by atoms with van der Waals surface area (Å²) in [6.45, 7) is 10.6. The zero-order chi connectivity index (χ0) is 24.8. The van der Waals surface area contributed by atoms with Gasteiger partial charge in [0, 0.05) is 24.3 Å². The summed E-state index contributed by atoms with van der Waals surface area (Å²) in [6, 6.07) is 16.6. The summed E-state index contributed by atoms with van der Waals surface area (Å²) >= 11 is 0. The average molecular weight is 482 g/mol. The van der Waals surface area contributed by atoms with Crippen LogP contribution in [0, 0.1) is 6.57 Å². The third-order valence-electron chi connectivity index (χ3n) is 6.13. The van der Waals surface area contributed by atoms with Gasteiger partial charge in [0.05, 0.1) is 12.1 Å². The zero-order valence-corrected chi connectivity index (χ0v) is 19.2. The van der Waals surface area contributed by atoms with E-state index in [0.717, 1.165) is 31.3 Å². The lowest BCUT2D eigenvalue weighted by Gasteiger charge is -2.26. The number of ether oxygens (including phenoxy) is 1. The van der Waals surface area contributed by atoms with Crippen LogP contribution in [0.4, 0.5) is 18.9 Å². The number of piperidine rings is 1. The molecule has 35 heavy (non-hydrogen) atoms. The summed E-state index contributed by atoms with van der Waals surface area (Å²) in [5.74, 6) is 0.515. The van der Waals surface area contributed by atoms with E-state index in [4.69, 9.17) is 11.3 Å². The van der Waals surface area contributed by atoms with Crippen LogP contribution in [0.3, 0.4) is 0 Å².